The van der Waals surface area contributed by atoms with Crippen LogP contribution in [0.1, 0.15) is 6.92 Å². The van der Waals surface area contributed by atoms with Gasteiger partial charge in [-0.3, -0.25) is 4.79 Å². The van der Waals surface area contributed by atoms with Crippen molar-refractivity contribution < 1.29 is 4.79 Å². The van der Waals surface area contributed by atoms with Crippen molar-refractivity contribution in [3.63, 3.8) is 0 Å². The highest BCUT2D eigenvalue weighted by Crippen LogP contribution is 2.29. The first kappa shape index (κ1) is 16.3. The lowest BCUT2D eigenvalue weighted by Crippen LogP contribution is -2.55. The first-order chi connectivity index (χ1) is 8.79. The molecule has 0 spiro atoms. The number of halogens is 3. The fourth-order valence-corrected chi connectivity index (χ4v) is 1.79. The van der Waals surface area contributed by atoms with Crippen LogP contribution in [0.3, 0.4) is 0 Å². The molecule has 1 aromatic carbocycles. The minimum Gasteiger partial charge on any atom is -0.339 e. The molecule has 0 bridgehead atoms. The third-order valence-electron chi connectivity index (χ3n) is 1.98. The molecule has 1 rings (SSSR count). The summed E-state index contributed by atoms with van der Waals surface area (Å²) in [5, 5.41) is 8.34. The zero-order valence-electron chi connectivity index (χ0n) is 9.91. The van der Waals surface area contributed by atoms with E-state index in [0.717, 1.165) is 5.69 Å². The molecule has 1 atom stereocenters. The van der Waals surface area contributed by atoms with E-state index >= 15 is 0 Å². The number of hydrogen-bond acceptors (Lipinski definition) is 2. The average molecular weight is 341 g/mol. The lowest BCUT2D eigenvalue weighted by Gasteiger charge is -2.27. The molecule has 0 fully saturated rings. The van der Waals surface area contributed by atoms with Gasteiger partial charge in [-0.1, -0.05) is 53.0 Å². The van der Waals surface area contributed by atoms with E-state index in [-0.39, 0.29) is 11.0 Å². The lowest BCUT2D eigenvalue weighted by molar-refractivity contribution is -0.119. The van der Waals surface area contributed by atoms with Crippen molar-refractivity contribution in [3.05, 3.63) is 30.3 Å². The van der Waals surface area contributed by atoms with Gasteiger partial charge < -0.3 is 16.0 Å². The topological polar surface area (TPSA) is 53.2 Å². The Morgan fingerprint density at radius 2 is 1.79 bits per heavy atom. The van der Waals surface area contributed by atoms with E-state index in [1.165, 1.54) is 6.92 Å². The van der Waals surface area contributed by atoms with Gasteiger partial charge >= 0.3 is 0 Å². The summed E-state index contributed by atoms with van der Waals surface area (Å²) in [5.74, 6) is -0.341. The predicted molar refractivity (Wildman–Crippen MR) is 83.7 cm³/mol. The number of alkyl halides is 3. The van der Waals surface area contributed by atoms with E-state index in [2.05, 4.69) is 16.0 Å². The highest BCUT2D eigenvalue weighted by molar-refractivity contribution is 7.80. The van der Waals surface area contributed by atoms with Crippen LogP contribution < -0.4 is 16.0 Å². The standard InChI is InChI=1S/C11H12Cl3N3OS/c1-7(18)15-9(11(12,13)14)17-10(19)16-8-5-3-2-4-6-8/h2-6,9H,1H3,(H,15,18)(H2,16,17,19). The molecule has 0 aliphatic heterocycles. The van der Waals surface area contributed by atoms with Crippen LogP contribution in [0.25, 0.3) is 0 Å². The monoisotopic (exact) mass is 339 g/mol. The van der Waals surface area contributed by atoms with Crippen molar-refractivity contribution in [3.8, 4) is 0 Å². The Morgan fingerprint density at radius 3 is 2.26 bits per heavy atom. The summed E-state index contributed by atoms with van der Waals surface area (Å²) in [5.41, 5.74) is 0.783. The van der Waals surface area contributed by atoms with Gasteiger partial charge in [-0.25, -0.2) is 0 Å². The SMILES string of the molecule is CC(=O)NC(NC(=S)Nc1ccccc1)C(Cl)(Cl)Cl. The zero-order chi connectivity index (χ0) is 14.5. The molecule has 0 aliphatic carbocycles. The minimum absolute atomic E-state index is 0.233. The Labute approximate surface area is 131 Å². The smallest absolute Gasteiger partial charge is 0.228 e. The van der Waals surface area contributed by atoms with Crippen LogP contribution >= 0.6 is 47.0 Å². The van der Waals surface area contributed by atoms with Crippen molar-refractivity contribution in [2.24, 2.45) is 0 Å². The van der Waals surface area contributed by atoms with Crippen LogP contribution in [0, 0.1) is 0 Å². The maximum absolute atomic E-state index is 11.0. The minimum atomic E-state index is -1.73. The third-order valence-corrected chi connectivity index (χ3v) is 2.86. The van der Waals surface area contributed by atoms with Gasteiger partial charge in [0.2, 0.25) is 9.70 Å². The van der Waals surface area contributed by atoms with Gasteiger partial charge in [0.1, 0.15) is 6.17 Å². The van der Waals surface area contributed by atoms with Gasteiger partial charge in [0.05, 0.1) is 0 Å². The summed E-state index contributed by atoms with van der Waals surface area (Å²) in [4.78, 5) is 11.0. The number of benzene rings is 1. The Hall–Kier alpha value is -0.750. The molecular formula is C11H12Cl3N3OS. The number of para-hydroxylation sites is 1. The molecule has 0 aliphatic rings. The van der Waals surface area contributed by atoms with E-state index in [1.807, 2.05) is 30.3 Å². The number of nitrogens with one attached hydrogen (secondary N) is 3. The molecule has 0 aromatic heterocycles. The van der Waals surface area contributed by atoms with Gasteiger partial charge in [0.25, 0.3) is 0 Å². The second-order valence-electron chi connectivity index (χ2n) is 3.64. The fourth-order valence-electron chi connectivity index (χ4n) is 1.22. The van der Waals surface area contributed by atoms with Crippen LogP contribution in [0.15, 0.2) is 30.3 Å². The molecule has 0 saturated heterocycles. The van der Waals surface area contributed by atoms with Crippen molar-refractivity contribution in [1.29, 1.82) is 0 Å². The second-order valence-corrected chi connectivity index (χ2v) is 6.42. The number of amides is 1. The van der Waals surface area contributed by atoms with E-state index in [0.29, 0.717) is 0 Å². The Kier molecular flexibility index (Phi) is 6.13. The highest BCUT2D eigenvalue weighted by atomic mass is 35.6. The number of rotatable bonds is 3. The quantitative estimate of drug-likeness (QED) is 0.450. The number of anilines is 1. The summed E-state index contributed by atoms with van der Waals surface area (Å²) < 4.78 is -1.73. The summed E-state index contributed by atoms with van der Waals surface area (Å²) in [7, 11) is 0. The summed E-state index contributed by atoms with van der Waals surface area (Å²) in [6, 6.07) is 9.24. The number of hydrogen-bond donors (Lipinski definition) is 3. The van der Waals surface area contributed by atoms with Gasteiger partial charge in [-0.15, -0.1) is 0 Å². The third kappa shape index (κ3) is 6.29. The summed E-state index contributed by atoms with van der Waals surface area (Å²) in [6.45, 7) is 1.32. The Bertz CT molecular complexity index is 450. The highest BCUT2D eigenvalue weighted by Gasteiger charge is 2.33. The molecule has 1 aromatic rings. The predicted octanol–water partition coefficient (Wildman–Crippen LogP) is 2.81. The van der Waals surface area contributed by atoms with Gasteiger partial charge in [0, 0.05) is 12.6 Å². The van der Waals surface area contributed by atoms with Gasteiger partial charge in [0.15, 0.2) is 5.11 Å². The molecule has 1 amide bonds. The van der Waals surface area contributed by atoms with Crippen molar-refractivity contribution in [1.82, 2.24) is 10.6 Å². The van der Waals surface area contributed by atoms with Crippen LogP contribution in [-0.2, 0) is 4.79 Å². The zero-order valence-corrected chi connectivity index (χ0v) is 13.0. The summed E-state index contributed by atoms with van der Waals surface area (Å²) >= 11 is 22.4. The molecule has 3 N–H and O–H groups in total. The normalized spacial score (nSPS) is 12.4. The molecule has 0 radical (unpaired) electrons. The molecule has 0 saturated carbocycles. The van der Waals surface area contributed by atoms with E-state index in [9.17, 15) is 4.79 Å². The van der Waals surface area contributed by atoms with E-state index in [1.54, 1.807) is 0 Å². The van der Waals surface area contributed by atoms with Crippen molar-refractivity contribution >= 4 is 63.7 Å². The van der Waals surface area contributed by atoms with Crippen LogP contribution in [0.2, 0.25) is 0 Å². The molecule has 4 nitrogen and oxygen atoms in total. The number of carbonyl (C=O) groups is 1. The van der Waals surface area contributed by atoms with Crippen LogP contribution in [-0.4, -0.2) is 21.0 Å². The average Bonchev–Trinajstić information content (AvgIpc) is 2.27. The molecule has 0 heterocycles. The van der Waals surface area contributed by atoms with Crippen molar-refractivity contribution in [2.75, 3.05) is 5.32 Å². The Morgan fingerprint density at radius 1 is 1.21 bits per heavy atom. The second kappa shape index (κ2) is 7.14. The maximum Gasteiger partial charge on any atom is 0.228 e. The Balaban J connectivity index is 2.64. The molecule has 104 valence electrons. The van der Waals surface area contributed by atoms with E-state index in [4.69, 9.17) is 47.0 Å². The number of thiocarbonyl (C=S) groups is 1. The first-order valence-electron chi connectivity index (χ1n) is 5.25. The first-order valence-corrected chi connectivity index (χ1v) is 6.79. The lowest BCUT2D eigenvalue weighted by atomic mass is 10.3. The molecule has 1 unspecified atom stereocenters. The number of carbonyl (C=O) groups excluding carboxylic acids is 1. The fraction of sp³-hybridized carbons (Fsp3) is 0.273. The van der Waals surface area contributed by atoms with Crippen LogP contribution in [0.5, 0.6) is 0 Å². The van der Waals surface area contributed by atoms with E-state index < -0.39 is 9.96 Å². The largest absolute Gasteiger partial charge is 0.339 e. The van der Waals surface area contributed by atoms with Gasteiger partial charge in [-0.05, 0) is 24.4 Å². The maximum atomic E-state index is 11.0. The van der Waals surface area contributed by atoms with Gasteiger partial charge in [-0.2, -0.15) is 0 Å². The summed E-state index contributed by atoms with van der Waals surface area (Å²) in [6.07, 6.45) is -0.932. The molecule has 19 heavy (non-hydrogen) atoms. The molecular weight excluding hydrogens is 329 g/mol. The molecule has 8 heteroatoms. The van der Waals surface area contributed by atoms with Crippen molar-refractivity contribution in [2.45, 2.75) is 16.9 Å². The van der Waals surface area contributed by atoms with Crippen LogP contribution in [0.4, 0.5) is 5.69 Å².